The summed E-state index contributed by atoms with van der Waals surface area (Å²) in [6.07, 6.45) is -5.67. The number of amides is 1. The van der Waals surface area contributed by atoms with E-state index in [1.807, 2.05) is 0 Å². The van der Waals surface area contributed by atoms with Crippen LogP contribution in [0.4, 0.5) is 13.2 Å². The highest BCUT2D eigenvalue weighted by Gasteiger charge is 2.30. The van der Waals surface area contributed by atoms with Gasteiger partial charge in [0.05, 0.1) is 11.7 Å². The lowest BCUT2D eigenvalue weighted by Gasteiger charge is -2.09. The van der Waals surface area contributed by atoms with Gasteiger partial charge in [0.25, 0.3) is 5.91 Å². The van der Waals surface area contributed by atoms with Gasteiger partial charge in [-0.3, -0.25) is 4.79 Å². The van der Waals surface area contributed by atoms with Crippen LogP contribution < -0.4 is 4.72 Å². The van der Waals surface area contributed by atoms with Gasteiger partial charge in [0.15, 0.2) is 5.69 Å². The maximum atomic E-state index is 12.2. The molecule has 1 heterocycles. The first-order chi connectivity index (χ1) is 9.85. The van der Waals surface area contributed by atoms with Crippen molar-refractivity contribution >= 4 is 39.1 Å². The molecule has 126 valence electrons. The van der Waals surface area contributed by atoms with Crippen molar-refractivity contribution in [3.8, 4) is 0 Å². The Morgan fingerprint density at radius 3 is 2.36 bits per heavy atom. The largest absolute Gasteiger partial charge is 0.390 e. The average Bonchev–Trinajstić information content (AvgIpc) is 2.60. The Bertz CT molecular complexity index is 671. The van der Waals surface area contributed by atoms with E-state index < -0.39 is 56.5 Å². The molecule has 0 atom stereocenters. The molecule has 6 nitrogen and oxygen atoms in total. The van der Waals surface area contributed by atoms with E-state index >= 15 is 0 Å². The number of imidazole rings is 1. The molecule has 1 aromatic rings. The Kier molecular flexibility index (Phi) is 5.74. The molecule has 0 saturated carbocycles. The number of nitrogens with zero attached hydrogens (tertiary/aromatic N) is 2. The summed E-state index contributed by atoms with van der Waals surface area (Å²) in [6, 6.07) is 0. The van der Waals surface area contributed by atoms with E-state index in [0.717, 1.165) is 4.57 Å². The maximum Gasteiger partial charge on any atom is 0.390 e. The number of carbonyl (C=O) groups is 1. The third-order valence-electron chi connectivity index (χ3n) is 2.55. The van der Waals surface area contributed by atoms with Crippen LogP contribution in [0.2, 0.25) is 10.4 Å². The molecule has 0 unspecified atom stereocenters. The minimum absolute atomic E-state index is 0.443. The van der Waals surface area contributed by atoms with E-state index in [9.17, 15) is 26.4 Å². The van der Waals surface area contributed by atoms with Gasteiger partial charge in [0.2, 0.25) is 15.3 Å². The van der Waals surface area contributed by atoms with Crippen molar-refractivity contribution in [3.05, 3.63) is 16.1 Å². The number of sulfonamides is 1. The molecule has 0 radical (unpaired) electrons. The average molecular weight is 382 g/mol. The minimum Gasteiger partial charge on any atom is -0.305 e. The number of halogens is 5. The lowest BCUT2D eigenvalue weighted by molar-refractivity contribution is -0.136. The SMILES string of the molecule is CC(C)S(=O)(=O)NC(=O)c1nc(Cl)n(CCC(F)(F)F)c1Cl. The van der Waals surface area contributed by atoms with Gasteiger partial charge >= 0.3 is 6.18 Å². The molecule has 22 heavy (non-hydrogen) atoms. The minimum atomic E-state index is -4.44. The fraction of sp³-hybridized carbons (Fsp3) is 0.600. The number of carbonyl (C=O) groups excluding carboxylic acids is 1. The highest BCUT2D eigenvalue weighted by atomic mass is 35.5. The molecule has 0 spiro atoms. The van der Waals surface area contributed by atoms with Crippen LogP contribution in [0.5, 0.6) is 0 Å². The predicted molar refractivity (Wildman–Crippen MR) is 74.4 cm³/mol. The van der Waals surface area contributed by atoms with Crippen LogP contribution in [0.1, 0.15) is 30.8 Å². The highest BCUT2D eigenvalue weighted by molar-refractivity contribution is 7.90. The number of hydrogen-bond acceptors (Lipinski definition) is 4. The summed E-state index contributed by atoms with van der Waals surface area (Å²) in [5.74, 6) is -1.16. The molecule has 0 aliphatic carbocycles. The summed E-state index contributed by atoms with van der Waals surface area (Å²) < 4.78 is 62.3. The molecule has 0 saturated heterocycles. The Morgan fingerprint density at radius 1 is 1.36 bits per heavy atom. The van der Waals surface area contributed by atoms with Crippen LogP contribution in [0, 0.1) is 0 Å². The van der Waals surface area contributed by atoms with Gasteiger partial charge < -0.3 is 4.57 Å². The van der Waals surface area contributed by atoms with Gasteiger partial charge in [0, 0.05) is 6.54 Å². The van der Waals surface area contributed by atoms with E-state index in [1.165, 1.54) is 13.8 Å². The van der Waals surface area contributed by atoms with Gasteiger partial charge in [-0.05, 0) is 25.4 Å². The van der Waals surface area contributed by atoms with Crippen molar-refractivity contribution < 1.29 is 26.4 Å². The first-order valence-electron chi connectivity index (χ1n) is 5.89. The van der Waals surface area contributed by atoms with Crippen LogP contribution >= 0.6 is 23.2 Å². The summed E-state index contributed by atoms with van der Waals surface area (Å²) in [7, 11) is -3.93. The van der Waals surface area contributed by atoms with Gasteiger partial charge in [-0.1, -0.05) is 11.6 Å². The monoisotopic (exact) mass is 381 g/mol. The zero-order valence-electron chi connectivity index (χ0n) is 11.4. The quantitative estimate of drug-likeness (QED) is 0.849. The topological polar surface area (TPSA) is 81.1 Å². The molecular formula is C10H12Cl2F3N3O3S. The third-order valence-corrected chi connectivity index (χ3v) is 4.93. The van der Waals surface area contributed by atoms with E-state index in [2.05, 4.69) is 4.98 Å². The number of hydrogen-bond donors (Lipinski definition) is 1. The molecule has 1 aromatic heterocycles. The number of aromatic nitrogens is 2. The smallest absolute Gasteiger partial charge is 0.305 e. The summed E-state index contributed by atoms with van der Waals surface area (Å²) in [6.45, 7) is 2.04. The van der Waals surface area contributed by atoms with Crippen molar-refractivity contribution in [1.82, 2.24) is 14.3 Å². The predicted octanol–water partition coefficient (Wildman–Crippen LogP) is 2.61. The second-order valence-corrected chi connectivity index (χ2v) is 7.50. The third kappa shape index (κ3) is 4.75. The fourth-order valence-electron chi connectivity index (χ4n) is 1.28. The second kappa shape index (κ2) is 6.63. The zero-order valence-corrected chi connectivity index (χ0v) is 13.7. The van der Waals surface area contributed by atoms with Crippen LogP contribution in [0.3, 0.4) is 0 Å². The molecule has 0 aliphatic rings. The van der Waals surface area contributed by atoms with Gasteiger partial charge in [-0.15, -0.1) is 0 Å². The molecule has 0 bridgehead atoms. The fourth-order valence-corrected chi connectivity index (χ4v) is 2.46. The lowest BCUT2D eigenvalue weighted by Crippen LogP contribution is -2.36. The molecule has 0 aliphatic heterocycles. The summed E-state index contributed by atoms with van der Waals surface area (Å²) in [4.78, 5) is 15.3. The first-order valence-corrected chi connectivity index (χ1v) is 8.19. The van der Waals surface area contributed by atoms with Gasteiger partial charge in [-0.25, -0.2) is 18.1 Å². The molecule has 1 N–H and O–H groups in total. The molecule has 0 aromatic carbocycles. The first kappa shape index (κ1) is 19.0. The molecular weight excluding hydrogens is 370 g/mol. The lowest BCUT2D eigenvalue weighted by atomic mass is 10.4. The van der Waals surface area contributed by atoms with Crippen molar-refractivity contribution in [3.63, 3.8) is 0 Å². The van der Waals surface area contributed by atoms with E-state index in [-0.39, 0.29) is 0 Å². The summed E-state index contributed by atoms with van der Waals surface area (Å²) >= 11 is 11.4. The maximum absolute atomic E-state index is 12.2. The standard InChI is InChI=1S/C10H12Cl2F3N3O3S/c1-5(2)22(20,21)17-8(19)6-7(11)18(9(12)16-6)4-3-10(13,14)15/h5H,3-4H2,1-2H3,(H,17,19). The number of rotatable bonds is 5. The molecule has 1 rings (SSSR count). The Balaban J connectivity index is 3.01. The van der Waals surface area contributed by atoms with Crippen LogP contribution in [0.15, 0.2) is 0 Å². The molecule has 1 amide bonds. The van der Waals surface area contributed by atoms with Crippen LogP contribution in [-0.4, -0.2) is 35.3 Å². The Morgan fingerprint density at radius 2 is 1.91 bits per heavy atom. The van der Waals surface area contributed by atoms with Crippen LogP contribution in [-0.2, 0) is 16.6 Å². The normalized spacial score (nSPS) is 12.7. The highest BCUT2D eigenvalue weighted by Crippen LogP contribution is 2.26. The van der Waals surface area contributed by atoms with Crippen LogP contribution in [0.25, 0.3) is 0 Å². The number of nitrogens with one attached hydrogen (secondary N) is 1. The second-order valence-electron chi connectivity index (χ2n) is 4.56. The molecule has 0 fully saturated rings. The van der Waals surface area contributed by atoms with Crippen molar-refractivity contribution in [2.24, 2.45) is 0 Å². The summed E-state index contributed by atoms with van der Waals surface area (Å²) in [5, 5.41) is -1.80. The summed E-state index contributed by atoms with van der Waals surface area (Å²) in [5.41, 5.74) is -0.557. The van der Waals surface area contributed by atoms with Crippen molar-refractivity contribution in [2.75, 3.05) is 0 Å². The van der Waals surface area contributed by atoms with E-state index in [1.54, 1.807) is 4.72 Å². The van der Waals surface area contributed by atoms with Gasteiger partial charge in [-0.2, -0.15) is 13.2 Å². The number of alkyl halides is 3. The Hall–Kier alpha value is -1.00. The van der Waals surface area contributed by atoms with Crippen molar-refractivity contribution in [1.29, 1.82) is 0 Å². The van der Waals surface area contributed by atoms with Crippen molar-refractivity contribution in [2.45, 2.75) is 38.2 Å². The van der Waals surface area contributed by atoms with Gasteiger partial charge in [0.1, 0.15) is 5.15 Å². The zero-order chi connectivity index (χ0) is 17.3. The van der Waals surface area contributed by atoms with E-state index in [4.69, 9.17) is 23.2 Å². The van der Waals surface area contributed by atoms with E-state index in [0.29, 0.717) is 0 Å². The Labute approximate surface area is 134 Å². The molecule has 12 heteroatoms.